The molecule has 6 heteroatoms. The largest absolute Gasteiger partial charge is 0.394 e. The van der Waals surface area contributed by atoms with Crippen LogP contribution in [0.15, 0.2) is 24.3 Å². The van der Waals surface area contributed by atoms with Gasteiger partial charge in [-0.3, -0.25) is 0 Å². The molecule has 0 spiro atoms. The third kappa shape index (κ3) is 5.48. The Morgan fingerprint density at radius 1 is 1.52 bits per heavy atom. The van der Waals surface area contributed by atoms with E-state index < -0.39 is 0 Å². The van der Waals surface area contributed by atoms with Crippen molar-refractivity contribution in [1.82, 2.24) is 10.2 Å². The summed E-state index contributed by atoms with van der Waals surface area (Å²) >= 11 is 0. The maximum absolute atomic E-state index is 13.7. The lowest BCUT2D eigenvalue weighted by atomic mass is 10.1. The number of aliphatic hydroxyl groups excluding tert-OH is 1. The van der Waals surface area contributed by atoms with E-state index >= 15 is 0 Å². The van der Waals surface area contributed by atoms with Crippen molar-refractivity contribution < 1.29 is 19.0 Å². The molecule has 1 aliphatic rings. The Kier molecular flexibility index (Phi) is 6.80. The SMILES string of the molecule is C[C@H](Cc1ccccc1F)NC(=O)N1CCC[C@@H](OCCO)C1. The molecule has 1 saturated heterocycles. The van der Waals surface area contributed by atoms with Crippen molar-refractivity contribution in [2.45, 2.75) is 38.3 Å². The number of ether oxygens (including phenoxy) is 1. The van der Waals surface area contributed by atoms with Crippen molar-refractivity contribution in [3.8, 4) is 0 Å². The molecule has 1 aromatic rings. The Labute approximate surface area is 136 Å². The van der Waals surface area contributed by atoms with Crippen LogP contribution in [0.25, 0.3) is 0 Å². The molecule has 2 rings (SSSR count). The minimum Gasteiger partial charge on any atom is -0.394 e. The highest BCUT2D eigenvalue weighted by Gasteiger charge is 2.24. The van der Waals surface area contributed by atoms with E-state index in [0.29, 0.717) is 31.7 Å². The van der Waals surface area contributed by atoms with Gasteiger partial charge in [-0.15, -0.1) is 0 Å². The fourth-order valence-corrected chi connectivity index (χ4v) is 2.82. The Morgan fingerprint density at radius 2 is 2.30 bits per heavy atom. The molecule has 23 heavy (non-hydrogen) atoms. The molecule has 0 saturated carbocycles. The highest BCUT2D eigenvalue weighted by molar-refractivity contribution is 5.74. The summed E-state index contributed by atoms with van der Waals surface area (Å²) in [4.78, 5) is 14.0. The van der Waals surface area contributed by atoms with E-state index in [-0.39, 0.29) is 30.6 Å². The molecule has 0 bridgehead atoms. The maximum Gasteiger partial charge on any atom is 0.317 e. The lowest BCUT2D eigenvalue weighted by Crippen LogP contribution is -2.50. The summed E-state index contributed by atoms with van der Waals surface area (Å²) < 4.78 is 19.2. The monoisotopic (exact) mass is 324 g/mol. The summed E-state index contributed by atoms with van der Waals surface area (Å²) in [5, 5.41) is 11.7. The zero-order valence-electron chi connectivity index (χ0n) is 13.5. The van der Waals surface area contributed by atoms with Crippen molar-refractivity contribution in [2.24, 2.45) is 0 Å². The van der Waals surface area contributed by atoms with Crippen LogP contribution in [0.5, 0.6) is 0 Å². The van der Waals surface area contributed by atoms with Crippen molar-refractivity contribution in [3.05, 3.63) is 35.6 Å². The van der Waals surface area contributed by atoms with Gasteiger partial charge >= 0.3 is 6.03 Å². The van der Waals surface area contributed by atoms with Crippen LogP contribution >= 0.6 is 0 Å². The number of aliphatic hydroxyl groups is 1. The van der Waals surface area contributed by atoms with Gasteiger partial charge < -0.3 is 20.1 Å². The summed E-state index contributed by atoms with van der Waals surface area (Å²) in [5.74, 6) is -0.246. The number of benzene rings is 1. The van der Waals surface area contributed by atoms with E-state index in [4.69, 9.17) is 9.84 Å². The third-order valence-corrected chi connectivity index (χ3v) is 3.96. The second-order valence-corrected chi connectivity index (χ2v) is 5.95. The predicted octanol–water partition coefficient (Wildman–Crippen LogP) is 1.94. The number of hydrogen-bond donors (Lipinski definition) is 2. The number of rotatable bonds is 6. The molecular formula is C17H25FN2O3. The fourth-order valence-electron chi connectivity index (χ4n) is 2.82. The highest BCUT2D eigenvalue weighted by Crippen LogP contribution is 2.14. The van der Waals surface area contributed by atoms with Gasteiger partial charge in [0.1, 0.15) is 5.82 Å². The van der Waals surface area contributed by atoms with E-state index in [1.807, 2.05) is 6.92 Å². The standard InChI is InChI=1S/C17H25FN2O3/c1-13(11-14-5-2-3-7-16(14)18)19-17(22)20-8-4-6-15(12-20)23-10-9-21/h2-3,5,7,13,15,21H,4,6,8-12H2,1H3,(H,19,22)/t13-,15-/m1/s1. The molecule has 128 valence electrons. The van der Waals surface area contributed by atoms with Crippen LogP contribution in [-0.2, 0) is 11.2 Å². The summed E-state index contributed by atoms with van der Waals surface area (Å²) in [5.41, 5.74) is 0.600. The molecule has 5 nitrogen and oxygen atoms in total. The van der Waals surface area contributed by atoms with Gasteiger partial charge in [0, 0.05) is 19.1 Å². The normalized spacial score (nSPS) is 19.4. The van der Waals surface area contributed by atoms with Gasteiger partial charge in [0.05, 0.1) is 19.3 Å². The summed E-state index contributed by atoms with van der Waals surface area (Å²) in [6, 6.07) is 6.31. The van der Waals surface area contributed by atoms with Gasteiger partial charge in [-0.1, -0.05) is 18.2 Å². The molecule has 1 aliphatic heterocycles. The van der Waals surface area contributed by atoms with Gasteiger partial charge in [0.15, 0.2) is 0 Å². The Morgan fingerprint density at radius 3 is 3.04 bits per heavy atom. The van der Waals surface area contributed by atoms with Crippen molar-refractivity contribution in [2.75, 3.05) is 26.3 Å². The first-order valence-corrected chi connectivity index (χ1v) is 8.11. The molecule has 0 radical (unpaired) electrons. The fraction of sp³-hybridized carbons (Fsp3) is 0.588. The van der Waals surface area contributed by atoms with Crippen LogP contribution in [-0.4, -0.2) is 54.5 Å². The number of nitrogens with zero attached hydrogens (tertiary/aromatic N) is 1. The van der Waals surface area contributed by atoms with Crippen LogP contribution in [0, 0.1) is 5.82 Å². The van der Waals surface area contributed by atoms with Crippen molar-refractivity contribution in [3.63, 3.8) is 0 Å². The number of carbonyl (C=O) groups excluding carboxylic acids is 1. The number of likely N-dealkylation sites (tertiary alicyclic amines) is 1. The maximum atomic E-state index is 13.7. The first-order valence-electron chi connectivity index (χ1n) is 8.11. The summed E-state index contributed by atoms with van der Waals surface area (Å²) in [7, 11) is 0. The molecule has 1 fully saturated rings. The van der Waals surface area contributed by atoms with Gasteiger partial charge in [0.25, 0.3) is 0 Å². The van der Waals surface area contributed by atoms with Gasteiger partial charge in [-0.2, -0.15) is 0 Å². The molecule has 1 heterocycles. The van der Waals surface area contributed by atoms with E-state index in [0.717, 1.165) is 12.8 Å². The van der Waals surface area contributed by atoms with Gasteiger partial charge in [-0.05, 0) is 37.8 Å². The molecule has 2 N–H and O–H groups in total. The predicted molar refractivity (Wildman–Crippen MR) is 85.7 cm³/mol. The van der Waals surface area contributed by atoms with Crippen molar-refractivity contribution in [1.29, 1.82) is 0 Å². The van der Waals surface area contributed by atoms with E-state index in [1.54, 1.807) is 23.1 Å². The first kappa shape index (κ1) is 17.7. The molecule has 0 unspecified atom stereocenters. The third-order valence-electron chi connectivity index (χ3n) is 3.96. The second kappa shape index (κ2) is 8.84. The smallest absolute Gasteiger partial charge is 0.317 e. The van der Waals surface area contributed by atoms with Crippen LogP contribution < -0.4 is 5.32 Å². The Bertz CT molecular complexity index is 512. The molecule has 1 aromatic carbocycles. The highest BCUT2D eigenvalue weighted by atomic mass is 19.1. The topological polar surface area (TPSA) is 61.8 Å². The summed E-state index contributed by atoms with van der Waals surface area (Å²) in [6.45, 7) is 3.37. The van der Waals surface area contributed by atoms with Crippen LogP contribution in [0.3, 0.4) is 0 Å². The molecule has 2 atom stereocenters. The zero-order chi connectivity index (χ0) is 16.7. The second-order valence-electron chi connectivity index (χ2n) is 5.95. The van der Waals surface area contributed by atoms with Crippen molar-refractivity contribution >= 4 is 6.03 Å². The molecule has 0 aromatic heterocycles. The number of urea groups is 1. The number of piperidine rings is 1. The van der Waals surface area contributed by atoms with Crippen LogP contribution in [0.1, 0.15) is 25.3 Å². The van der Waals surface area contributed by atoms with Crippen LogP contribution in [0.2, 0.25) is 0 Å². The van der Waals surface area contributed by atoms with E-state index in [1.165, 1.54) is 6.07 Å². The number of nitrogens with one attached hydrogen (secondary N) is 1. The number of carbonyl (C=O) groups is 1. The quantitative estimate of drug-likeness (QED) is 0.841. The minimum absolute atomic E-state index is 0.0115. The lowest BCUT2D eigenvalue weighted by molar-refractivity contribution is -0.00595. The minimum atomic E-state index is -0.246. The Balaban J connectivity index is 1.82. The number of halogens is 1. The van der Waals surface area contributed by atoms with Gasteiger partial charge in [-0.25, -0.2) is 9.18 Å². The average molecular weight is 324 g/mol. The number of amides is 2. The van der Waals surface area contributed by atoms with Gasteiger partial charge in [0.2, 0.25) is 0 Å². The number of hydrogen-bond acceptors (Lipinski definition) is 3. The van der Waals surface area contributed by atoms with Crippen LogP contribution in [0.4, 0.5) is 9.18 Å². The zero-order valence-corrected chi connectivity index (χ0v) is 13.5. The lowest BCUT2D eigenvalue weighted by Gasteiger charge is -2.33. The Hall–Kier alpha value is -1.66. The van der Waals surface area contributed by atoms with E-state index in [9.17, 15) is 9.18 Å². The molecular weight excluding hydrogens is 299 g/mol. The molecule has 2 amide bonds. The van der Waals surface area contributed by atoms with E-state index in [2.05, 4.69) is 5.32 Å². The summed E-state index contributed by atoms with van der Waals surface area (Å²) in [6.07, 6.45) is 2.21. The average Bonchev–Trinajstić information content (AvgIpc) is 2.55. The first-order chi connectivity index (χ1) is 11.1. The molecule has 0 aliphatic carbocycles.